The molecular weight excluding hydrogens is 676 g/mol. The number of fused-ring (bicyclic) bond motifs is 3. The van der Waals surface area contributed by atoms with E-state index in [9.17, 15) is 38.7 Å². The average molecular weight is 723 g/mol. The Labute approximate surface area is 295 Å². The molecule has 0 radical (unpaired) electrons. The number of epoxide rings is 1. The molecule has 0 amide bonds. The summed E-state index contributed by atoms with van der Waals surface area (Å²) in [6.07, 6.45) is -5.35. The average Bonchev–Trinajstić information content (AvgIpc) is 3.75. The summed E-state index contributed by atoms with van der Waals surface area (Å²) in [6, 6.07) is 0. The molecule has 16 nitrogen and oxygen atoms in total. The van der Waals surface area contributed by atoms with Gasteiger partial charge in [0.15, 0.2) is 30.0 Å². The van der Waals surface area contributed by atoms with Crippen LogP contribution in [0.15, 0.2) is 23.8 Å². The van der Waals surface area contributed by atoms with Gasteiger partial charge in [0.05, 0.1) is 17.9 Å². The molecule has 1 spiro atoms. The molecule has 51 heavy (non-hydrogen) atoms. The van der Waals surface area contributed by atoms with E-state index in [1.54, 1.807) is 0 Å². The van der Waals surface area contributed by atoms with Gasteiger partial charge < -0.3 is 43.0 Å². The summed E-state index contributed by atoms with van der Waals surface area (Å²) in [6.45, 7) is 11.3. The van der Waals surface area contributed by atoms with Crippen molar-refractivity contribution in [3.8, 4) is 0 Å². The van der Waals surface area contributed by atoms with Crippen LogP contribution in [0.2, 0.25) is 0 Å². The zero-order valence-corrected chi connectivity index (χ0v) is 30.1. The molecule has 4 rings (SSSR count). The Bertz CT molecular complexity index is 1510. The first-order valence-electron chi connectivity index (χ1n) is 16.7. The second-order valence-corrected chi connectivity index (χ2v) is 14.1. The summed E-state index contributed by atoms with van der Waals surface area (Å²) in [7, 11) is 0. The van der Waals surface area contributed by atoms with Crippen LogP contribution in [0.3, 0.4) is 0 Å². The molecule has 0 unspecified atom stereocenters. The second-order valence-electron chi connectivity index (χ2n) is 14.1. The summed E-state index contributed by atoms with van der Waals surface area (Å²) in [4.78, 5) is 89.8. The van der Waals surface area contributed by atoms with Crippen LogP contribution in [0.5, 0.6) is 0 Å². The minimum Gasteiger partial charge on any atom is -0.461 e. The van der Waals surface area contributed by atoms with Gasteiger partial charge in [-0.05, 0) is 30.6 Å². The minimum atomic E-state index is -2.43. The van der Waals surface area contributed by atoms with Crippen molar-refractivity contribution in [1.29, 1.82) is 0 Å². The minimum absolute atomic E-state index is 0.0232. The fourth-order valence-corrected chi connectivity index (χ4v) is 7.66. The predicted molar refractivity (Wildman–Crippen MR) is 170 cm³/mol. The lowest BCUT2D eigenvalue weighted by Gasteiger charge is -2.59. The SMILES string of the molecule is CC(=O)O[C@H]1[C@@H](OC(C)=O)[C@]2(CO2)[C@@H]2[C@H](OC(C)=O)[C@@]3(O)[C@H](C=C(COC(=O)CC(C)C)C=C[C@H](OC(C)=O)[C@@]2(C)[C@H]1OC(C)=O)OC(=O)[C@@H]3C. The summed E-state index contributed by atoms with van der Waals surface area (Å²) in [5.41, 5.74) is -5.88. The quantitative estimate of drug-likeness (QED) is 0.202. The van der Waals surface area contributed by atoms with E-state index in [0.29, 0.717) is 0 Å². The lowest BCUT2D eigenvalue weighted by atomic mass is 9.51. The Morgan fingerprint density at radius 2 is 1.39 bits per heavy atom. The van der Waals surface area contributed by atoms with Crippen LogP contribution in [0, 0.1) is 23.2 Å². The number of aliphatic hydroxyl groups is 1. The highest BCUT2D eigenvalue weighted by Crippen LogP contribution is 2.63. The summed E-state index contributed by atoms with van der Waals surface area (Å²) < 4.78 is 46.4. The first-order valence-corrected chi connectivity index (χ1v) is 16.7. The zero-order valence-electron chi connectivity index (χ0n) is 30.1. The van der Waals surface area contributed by atoms with Gasteiger partial charge in [0, 0.05) is 47.0 Å². The number of esters is 7. The standard InChI is InChI=1S/C35H46O16/c1-16(2)12-26(41)44-14-23-10-11-24(46-18(4)36)33(9)28(31(50-22(8)40)35(43)17(3)32(42)51-25(35)13-23)34(15-45-34)30(49-21(7)39)27(47-19(5)37)29(33)48-20(6)38/h10-11,13,16-17,24-25,27-31,43H,12,14-15H2,1-9H3/t17-,24-,25-,27+,28+,29-,30+,31-,33+,34-,35-/m0/s1. The van der Waals surface area contributed by atoms with Crippen LogP contribution in [-0.2, 0) is 71.5 Å². The normalized spacial score (nSPS) is 36.8. The molecule has 2 aliphatic heterocycles. The molecule has 0 aromatic carbocycles. The monoisotopic (exact) mass is 722 g/mol. The molecule has 0 aromatic heterocycles. The Morgan fingerprint density at radius 3 is 1.90 bits per heavy atom. The number of hydrogen-bond acceptors (Lipinski definition) is 16. The van der Waals surface area contributed by atoms with Crippen molar-refractivity contribution >= 4 is 41.8 Å². The molecule has 2 saturated heterocycles. The largest absolute Gasteiger partial charge is 0.461 e. The van der Waals surface area contributed by atoms with Gasteiger partial charge in [-0.3, -0.25) is 33.6 Å². The summed E-state index contributed by atoms with van der Waals surface area (Å²) in [5, 5.41) is 12.9. The van der Waals surface area contributed by atoms with E-state index in [2.05, 4.69) is 0 Å². The van der Waals surface area contributed by atoms with Crippen molar-refractivity contribution in [1.82, 2.24) is 0 Å². The van der Waals surface area contributed by atoms with Crippen LogP contribution in [0.25, 0.3) is 0 Å². The third-order valence-electron chi connectivity index (χ3n) is 9.78. The van der Waals surface area contributed by atoms with Crippen molar-refractivity contribution in [2.24, 2.45) is 23.2 Å². The van der Waals surface area contributed by atoms with Gasteiger partial charge in [-0.2, -0.15) is 0 Å². The van der Waals surface area contributed by atoms with Crippen LogP contribution in [0.1, 0.15) is 68.7 Å². The van der Waals surface area contributed by atoms with E-state index in [1.807, 2.05) is 13.8 Å². The van der Waals surface area contributed by atoms with Crippen molar-refractivity contribution in [3.05, 3.63) is 23.8 Å². The van der Waals surface area contributed by atoms with Gasteiger partial charge in [0.1, 0.15) is 24.4 Å². The maximum absolute atomic E-state index is 13.3. The third kappa shape index (κ3) is 7.66. The van der Waals surface area contributed by atoms with Gasteiger partial charge in [0.2, 0.25) is 0 Å². The molecule has 0 aromatic rings. The van der Waals surface area contributed by atoms with E-state index < -0.39 is 107 Å². The topological polar surface area (TPSA) is 217 Å². The maximum atomic E-state index is 13.3. The van der Waals surface area contributed by atoms with Crippen molar-refractivity contribution in [2.45, 2.75) is 117 Å². The highest BCUT2D eigenvalue weighted by atomic mass is 16.7. The van der Waals surface area contributed by atoms with Gasteiger partial charge in [-0.25, -0.2) is 0 Å². The highest BCUT2D eigenvalue weighted by molar-refractivity contribution is 5.78. The number of carbonyl (C=O) groups is 7. The van der Waals surface area contributed by atoms with Crippen LogP contribution >= 0.6 is 0 Å². The van der Waals surface area contributed by atoms with Crippen LogP contribution in [-0.4, -0.2) is 108 Å². The molecule has 16 heteroatoms. The third-order valence-corrected chi connectivity index (χ3v) is 9.78. The number of hydrogen-bond donors (Lipinski definition) is 1. The first kappa shape index (κ1) is 39.5. The molecule has 3 fully saturated rings. The Hall–Kier alpha value is -4.31. The van der Waals surface area contributed by atoms with E-state index in [4.69, 9.17) is 37.9 Å². The summed E-state index contributed by atoms with van der Waals surface area (Å²) >= 11 is 0. The second kappa shape index (κ2) is 14.7. The zero-order chi connectivity index (χ0) is 38.2. The van der Waals surface area contributed by atoms with Crippen molar-refractivity contribution in [3.63, 3.8) is 0 Å². The van der Waals surface area contributed by atoms with Gasteiger partial charge >= 0.3 is 41.8 Å². The highest BCUT2D eigenvalue weighted by Gasteiger charge is 2.81. The predicted octanol–water partition coefficient (Wildman–Crippen LogP) is 1.43. The first-order chi connectivity index (χ1) is 23.7. The molecule has 2 heterocycles. The number of rotatable bonds is 9. The van der Waals surface area contributed by atoms with E-state index in [0.717, 1.165) is 34.6 Å². The van der Waals surface area contributed by atoms with E-state index in [1.165, 1.54) is 32.1 Å². The molecule has 0 bridgehead atoms. The smallest absolute Gasteiger partial charge is 0.312 e. The van der Waals surface area contributed by atoms with Crippen LogP contribution in [0.4, 0.5) is 0 Å². The maximum Gasteiger partial charge on any atom is 0.312 e. The molecule has 1 saturated carbocycles. The molecular formula is C35H46O16. The van der Waals surface area contributed by atoms with Crippen molar-refractivity contribution in [2.75, 3.05) is 13.2 Å². The molecule has 4 aliphatic rings. The van der Waals surface area contributed by atoms with Gasteiger partial charge in [0.25, 0.3) is 0 Å². The number of ether oxygens (including phenoxy) is 8. The van der Waals surface area contributed by atoms with Crippen LogP contribution < -0.4 is 0 Å². The Balaban J connectivity index is 2.11. The Kier molecular flexibility index (Phi) is 11.4. The van der Waals surface area contributed by atoms with Gasteiger partial charge in [-0.15, -0.1) is 0 Å². The molecule has 2 aliphatic carbocycles. The van der Waals surface area contributed by atoms with E-state index in [-0.39, 0.29) is 31.1 Å². The number of carbonyl (C=O) groups excluding carboxylic acids is 7. The molecule has 1 N–H and O–H groups in total. The van der Waals surface area contributed by atoms with Gasteiger partial charge in [-0.1, -0.05) is 26.8 Å². The summed E-state index contributed by atoms with van der Waals surface area (Å²) in [5.74, 6) is -8.62. The molecule has 11 atom stereocenters. The lowest BCUT2D eigenvalue weighted by molar-refractivity contribution is -0.279. The lowest BCUT2D eigenvalue weighted by Crippen LogP contribution is -2.76. The van der Waals surface area contributed by atoms with E-state index >= 15 is 0 Å². The van der Waals surface area contributed by atoms with Crippen molar-refractivity contribution < 1.29 is 76.6 Å². The molecule has 282 valence electrons. The fourth-order valence-electron chi connectivity index (χ4n) is 7.66. The Morgan fingerprint density at radius 1 is 0.863 bits per heavy atom. The fraction of sp³-hybridized carbons (Fsp3) is 0.686.